The molecule has 3 rings (SSSR count). The number of halogens is 1. The van der Waals surface area contributed by atoms with Crippen LogP contribution in [0.1, 0.15) is 5.56 Å². The van der Waals surface area contributed by atoms with Gasteiger partial charge in [-0.15, -0.1) is 11.3 Å². The Bertz CT molecular complexity index is 929. The van der Waals surface area contributed by atoms with Crippen molar-refractivity contribution >= 4 is 44.2 Å². The summed E-state index contributed by atoms with van der Waals surface area (Å²) in [6, 6.07) is 1.98. The molecule has 23 heavy (non-hydrogen) atoms. The summed E-state index contributed by atoms with van der Waals surface area (Å²) in [6.07, 6.45) is 2.86. The number of carbonyl (C=O) groups is 1. The average Bonchev–Trinajstić information content (AvgIpc) is 3.08. The number of fused-ring (bicyclic) bond motifs is 1. The number of hydrogen-bond donors (Lipinski definition) is 0. The normalized spacial score (nSPS) is 11.1. The first-order valence-corrected chi connectivity index (χ1v) is 8.47. The molecule has 1 amide bonds. The van der Waals surface area contributed by atoms with Crippen LogP contribution in [0.15, 0.2) is 32.6 Å². The molecule has 0 radical (unpaired) electrons. The first kappa shape index (κ1) is 15.9. The molecule has 0 atom stereocenters. The summed E-state index contributed by atoms with van der Waals surface area (Å²) in [4.78, 5) is 30.5. The molecule has 0 aliphatic heterocycles. The molecule has 0 spiro atoms. The van der Waals surface area contributed by atoms with Crippen LogP contribution in [0.4, 0.5) is 0 Å². The second-order valence-corrected chi connectivity index (χ2v) is 7.48. The number of likely N-dealkylation sites (N-methyl/N-ethyl adjacent to an activating group) is 1. The van der Waals surface area contributed by atoms with Crippen LogP contribution in [-0.4, -0.2) is 37.2 Å². The largest absolute Gasteiger partial charge is 0.340 e. The van der Waals surface area contributed by atoms with E-state index in [1.165, 1.54) is 21.8 Å². The van der Waals surface area contributed by atoms with Crippen LogP contribution in [-0.2, 0) is 24.9 Å². The van der Waals surface area contributed by atoms with Crippen LogP contribution in [0.2, 0.25) is 0 Å². The molecule has 0 aliphatic rings. The van der Waals surface area contributed by atoms with Crippen molar-refractivity contribution in [3.05, 3.63) is 43.7 Å². The van der Waals surface area contributed by atoms with Gasteiger partial charge in [0.1, 0.15) is 18.3 Å². The summed E-state index contributed by atoms with van der Waals surface area (Å²) >= 11 is 4.97. The summed E-state index contributed by atoms with van der Waals surface area (Å²) in [6.45, 7) is 0.455. The quantitative estimate of drug-likeness (QED) is 0.672. The molecule has 0 saturated carbocycles. The molecule has 0 aliphatic carbocycles. The van der Waals surface area contributed by atoms with Crippen molar-refractivity contribution in [2.24, 2.45) is 7.05 Å². The zero-order chi connectivity index (χ0) is 16.6. The van der Waals surface area contributed by atoms with E-state index in [0.29, 0.717) is 17.6 Å². The molecule has 3 heterocycles. The van der Waals surface area contributed by atoms with E-state index in [4.69, 9.17) is 0 Å². The average molecular weight is 396 g/mol. The number of aryl methyl sites for hydroxylation is 1. The zero-order valence-corrected chi connectivity index (χ0v) is 15.0. The van der Waals surface area contributed by atoms with Crippen LogP contribution in [0, 0.1) is 0 Å². The molecular formula is C14H14BrN5O2S. The molecule has 0 unspecified atom stereocenters. The van der Waals surface area contributed by atoms with Crippen LogP contribution in [0.25, 0.3) is 11.0 Å². The highest BCUT2D eigenvalue weighted by Crippen LogP contribution is 2.21. The maximum Gasteiger partial charge on any atom is 0.264 e. The predicted octanol–water partition coefficient (Wildman–Crippen LogP) is 1.61. The van der Waals surface area contributed by atoms with E-state index in [1.807, 2.05) is 11.4 Å². The number of aromatic nitrogens is 4. The van der Waals surface area contributed by atoms with Crippen molar-refractivity contribution in [1.29, 1.82) is 0 Å². The van der Waals surface area contributed by atoms with Gasteiger partial charge in [-0.25, -0.2) is 4.98 Å². The Morgan fingerprint density at radius 1 is 1.48 bits per heavy atom. The molecule has 0 N–H and O–H groups in total. The third kappa shape index (κ3) is 3.20. The molecule has 0 saturated heterocycles. The van der Waals surface area contributed by atoms with E-state index >= 15 is 0 Å². The summed E-state index contributed by atoms with van der Waals surface area (Å²) in [5.74, 6) is -0.153. The SMILES string of the molecule is CN(Cc1csc(Br)c1)C(=O)Cn1cnc2c(cnn2C)c1=O. The van der Waals surface area contributed by atoms with E-state index in [-0.39, 0.29) is 18.0 Å². The lowest BCUT2D eigenvalue weighted by Crippen LogP contribution is -2.33. The number of amides is 1. The Hall–Kier alpha value is -2.00. The summed E-state index contributed by atoms with van der Waals surface area (Å²) in [5, 5.41) is 6.41. The van der Waals surface area contributed by atoms with Gasteiger partial charge < -0.3 is 4.90 Å². The summed E-state index contributed by atoms with van der Waals surface area (Å²) in [7, 11) is 3.44. The minimum atomic E-state index is -0.261. The molecule has 9 heteroatoms. The Labute approximate surface area is 144 Å². The molecule has 120 valence electrons. The van der Waals surface area contributed by atoms with Crippen LogP contribution >= 0.6 is 27.3 Å². The fraction of sp³-hybridized carbons (Fsp3) is 0.286. The Morgan fingerprint density at radius 2 is 2.26 bits per heavy atom. The van der Waals surface area contributed by atoms with Gasteiger partial charge in [0.25, 0.3) is 5.56 Å². The maximum atomic E-state index is 12.4. The van der Waals surface area contributed by atoms with E-state index in [9.17, 15) is 9.59 Å². The molecule has 0 bridgehead atoms. The van der Waals surface area contributed by atoms with Gasteiger partial charge in [0.05, 0.1) is 9.98 Å². The van der Waals surface area contributed by atoms with E-state index in [1.54, 1.807) is 30.3 Å². The number of carbonyl (C=O) groups excluding carboxylic acids is 1. The van der Waals surface area contributed by atoms with Crippen molar-refractivity contribution < 1.29 is 4.79 Å². The summed E-state index contributed by atoms with van der Waals surface area (Å²) < 4.78 is 3.87. The molecule has 0 aromatic carbocycles. The van der Waals surface area contributed by atoms with Crippen LogP contribution in [0.3, 0.4) is 0 Å². The van der Waals surface area contributed by atoms with Gasteiger partial charge in [-0.05, 0) is 32.9 Å². The fourth-order valence-electron chi connectivity index (χ4n) is 2.24. The van der Waals surface area contributed by atoms with Gasteiger partial charge in [-0.1, -0.05) is 0 Å². The monoisotopic (exact) mass is 395 g/mol. The minimum absolute atomic E-state index is 0.0432. The van der Waals surface area contributed by atoms with Crippen molar-refractivity contribution in [3.8, 4) is 0 Å². The molecule has 3 aromatic heterocycles. The zero-order valence-electron chi connectivity index (χ0n) is 12.6. The molecule has 7 nitrogen and oxygen atoms in total. The fourth-order valence-corrected chi connectivity index (χ4v) is 3.44. The maximum absolute atomic E-state index is 12.4. The highest BCUT2D eigenvalue weighted by Gasteiger charge is 2.14. The third-order valence-electron chi connectivity index (χ3n) is 3.49. The Balaban J connectivity index is 1.77. The lowest BCUT2D eigenvalue weighted by atomic mass is 10.3. The first-order chi connectivity index (χ1) is 11.0. The minimum Gasteiger partial charge on any atom is -0.340 e. The standard InChI is InChI=1S/C14H14BrN5O2S/c1-18(5-9-3-11(15)23-7-9)12(21)6-20-8-16-13-10(14(20)22)4-17-19(13)2/h3-4,7-8H,5-6H2,1-2H3. The van der Waals surface area contributed by atoms with Gasteiger partial charge in [-0.2, -0.15) is 5.10 Å². The van der Waals surface area contributed by atoms with Crippen molar-refractivity contribution in [2.45, 2.75) is 13.1 Å². The van der Waals surface area contributed by atoms with Crippen LogP contribution in [0.5, 0.6) is 0 Å². The lowest BCUT2D eigenvalue weighted by molar-refractivity contribution is -0.131. The van der Waals surface area contributed by atoms with Crippen molar-refractivity contribution in [3.63, 3.8) is 0 Å². The Morgan fingerprint density at radius 3 is 2.96 bits per heavy atom. The van der Waals surface area contributed by atoms with E-state index in [2.05, 4.69) is 26.0 Å². The second kappa shape index (κ2) is 6.25. The summed E-state index contributed by atoms with van der Waals surface area (Å²) in [5.41, 5.74) is 1.30. The van der Waals surface area contributed by atoms with E-state index < -0.39 is 0 Å². The second-order valence-electron chi connectivity index (χ2n) is 5.19. The number of thiophene rings is 1. The van der Waals surface area contributed by atoms with E-state index in [0.717, 1.165) is 9.35 Å². The topological polar surface area (TPSA) is 73.0 Å². The highest BCUT2D eigenvalue weighted by molar-refractivity contribution is 9.11. The number of nitrogens with zero attached hydrogens (tertiary/aromatic N) is 5. The number of rotatable bonds is 4. The molecular weight excluding hydrogens is 382 g/mol. The highest BCUT2D eigenvalue weighted by atomic mass is 79.9. The van der Waals surface area contributed by atoms with Crippen molar-refractivity contribution in [2.75, 3.05) is 7.05 Å². The van der Waals surface area contributed by atoms with Crippen LogP contribution < -0.4 is 5.56 Å². The predicted molar refractivity (Wildman–Crippen MR) is 91.3 cm³/mol. The van der Waals surface area contributed by atoms with Gasteiger partial charge in [-0.3, -0.25) is 18.8 Å². The third-order valence-corrected chi connectivity index (χ3v) is 5.04. The molecule has 0 fully saturated rings. The number of hydrogen-bond acceptors (Lipinski definition) is 5. The molecule has 3 aromatic rings. The smallest absolute Gasteiger partial charge is 0.264 e. The lowest BCUT2D eigenvalue weighted by Gasteiger charge is -2.17. The van der Waals surface area contributed by atoms with Gasteiger partial charge in [0, 0.05) is 20.6 Å². The van der Waals surface area contributed by atoms with Crippen molar-refractivity contribution in [1.82, 2.24) is 24.2 Å². The van der Waals surface area contributed by atoms with Gasteiger partial charge >= 0.3 is 0 Å². The van der Waals surface area contributed by atoms with Gasteiger partial charge in [0.2, 0.25) is 5.91 Å². The Kier molecular flexibility index (Phi) is 4.31. The van der Waals surface area contributed by atoms with Gasteiger partial charge in [0.15, 0.2) is 5.65 Å². The first-order valence-electron chi connectivity index (χ1n) is 6.79.